The molecule has 3 aromatic rings. The van der Waals surface area contributed by atoms with Crippen LogP contribution < -0.4 is 4.90 Å². The third-order valence-corrected chi connectivity index (χ3v) is 9.18. The van der Waals surface area contributed by atoms with Crippen molar-refractivity contribution >= 4 is 34.2 Å². The summed E-state index contributed by atoms with van der Waals surface area (Å²) in [6.45, 7) is 10.8. The number of imidazole rings is 1. The monoisotopic (exact) mass is 505 g/mol. The molecule has 36 heavy (non-hydrogen) atoms. The van der Waals surface area contributed by atoms with E-state index in [2.05, 4.69) is 65.2 Å². The second-order valence-corrected chi connectivity index (χ2v) is 11.8. The first-order valence-corrected chi connectivity index (χ1v) is 13.9. The van der Waals surface area contributed by atoms with Crippen molar-refractivity contribution in [3.05, 3.63) is 41.3 Å². The summed E-state index contributed by atoms with van der Waals surface area (Å²) in [5.74, 6) is 0.213. The summed E-state index contributed by atoms with van der Waals surface area (Å²) in [6.07, 6.45) is 8.94. The Bertz CT molecular complexity index is 1320. The number of carbonyl (C=O) groups excluding carboxylic acids is 1. The van der Waals surface area contributed by atoms with Crippen LogP contribution in [0.2, 0.25) is 5.15 Å². The van der Waals surface area contributed by atoms with Gasteiger partial charge < -0.3 is 14.4 Å². The Balaban J connectivity index is 1.33. The zero-order valence-corrected chi connectivity index (χ0v) is 22.6. The lowest BCUT2D eigenvalue weighted by atomic mass is 9.82. The number of anilines is 1. The van der Waals surface area contributed by atoms with E-state index < -0.39 is 5.41 Å². The van der Waals surface area contributed by atoms with Crippen molar-refractivity contribution in [1.82, 2.24) is 19.4 Å². The van der Waals surface area contributed by atoms with Gasteiger partial charge in [-0.3, -0.25) is 4.79 Å². The van der Waals surface area contributed by atoms with E-state index in [9.17, 15) is 4.79 Å². The van der Waals surface area contributed by atoms with E-state index >= 15 is 0 Å². The molecule has 1 saturated heterocycles. The molecule has 7 heteroatoms. The molecule has 4 heterocycles. The van der Waals surface area contributed by atoms with Gasteiger partial charge in [-0.25, -0.2) is 9.97 Å². The highest BCUT2D eigenvalue weighted by atomic mass is 35.5. The summed E-state index contributed by atoms with van der Waals surface area (Å²) in [5.41, 5.74) is 5.11. The summed E-state index contributed by atoms with van der Waals surface area (Å²) < 4.78 is 2.11. The second kappa shape index (κ2) is 8.84. The molecule has 1 aromatic carbocycles. The molecule has 1 atom stereocenters. The molecule has 0 bridgehead atoms. The number of benzene rings is 1. The van der Waals surface area contributed by atoms with Crippen LogP contribution in [0.1, 0.15) is 77.8 Å². The highest BCUT2D eigenvalue weighted by molar-refractivity contribution is 6.34. The van der Waals surface area contributed by atoms with Gasteiger partial charge in [0.05, 0.1) is 23.0 Å². The molecule has 2 aromatic heterocycles. The van der Waals surface area contributed by atoms with Gasteiger partial charge in [0.15, 0.2) is 5.15 Å². The number of hydrogen-bond donors (Lipinski definition) is 0. The lowest BCUT2D eigenvalue weighted by Crippen LogP contribution is -2.57. The van der Waals surface area contributed by atoms with Crippen molar-refractivity contribution in [3.63, 3.8) is 0 Å². The van der Waals surface area contributed by atoms with Crippen LogP contribution in [-0.4, -0.2) is 50.5 Å². The number of likely N-dealkylation sites (tertiary alicyclic amines) is 1. The minimum atomic E-state index is -0.520. The van der Waals surface area contributed by atoms with E-state index in [0.29, 0.717) is 17.2 Å². The van der Waals surface area contributed by atoms with Crippen molar-refractivity contribution in [3.8, 4) is 11.3 Å². The molecule has 0 spiro atoms. The maximum atomic E-state index is 13.6. The van der Waals surface area contributed by atoms with E-state index in [1.165, 1.54) is 32.4 Å². The quantitative estimate of drug-likeness (QED) is 0.378. The zero-order chi connectivity index (χ0) is 25.2. The lowest BCUT2D eigenvalue weighted by molar-refractivity contribution is -0.123. The SMILES string of the molecule is CC[C@H](C)n1cnc2cc(-c3ccc4c(c3)N(C3CC(N5CCCCC5)C3)C(=O)C4(C)C)nc(Cl)c21. The average molecular weight is 506 g/mol. The van der Waals surface area contributed by atoms with Crippen molar-refractivity contribution < 1.29 is 4.79 Å². The predicted molar refractivity (Wildman–Crippen MR) is 146 cm³/mol. The third kappa shape index (κ3) is 3.67. The molecule has 0 N–H and O–H groups in total. The van der Waals surface area contributed by atoms with Gasteiger partial charge in [0, 0.05) is 29.4 Å². The van der Waals surface area contributed by atoms with Crippen molar-refractivity contribution in [2.24, 2.45) is 0 Å². The summed E-state index contributed by atoms with van der Waals surface area (Å²) in [7, 11) is 0. The number of nitrogens with zero attached hydrogens (tertiary/aromatic N) is 5. The first-order chi connectivity index (χ1) is 17.3. The van der Waals surface area contributed by atoms with Crippen molar-refractivity contribution in [2.75, 3.05) is 18.0 Å². The van der Waals surface area contributed by atoms with Crippen molar-refractivity contribution in [1.29, 1.82) is 0 Å². The van der Waals surface area contributed by atoms with E-state index in [1.54, 1.807) is 0 Å². The normalized spacial score (nSPS) is 24.7. The number of fused-ring (bicyclic) bond motifs is 2. The number of amides is 1. The van der Waals surface area contributed by atoms with Crippen LogP contribution in [0.4, 0.5) is 5.69 Å². The Morgan fingerprint density at radius 3 is 2.58 bits per heavy atom. The molecule has 6 rings (SSSR count). The minimum absolute atomic E-state index is 0.213. The van der Waals surface area contributed by atoms with E-state index in [0.717, 1.165) is 52.8 Å². The standard InChI is InChI=1S/C29H36ClN5O/c1-5-18(2)34-17-31-24-16-23(32-27(30)26(24)34)19-9-10-22-25(13-19)35(28(36)29(22,3)4)21-14-20(15-21)33-11-7-6-8-12-33/h9-10,13,16-18,20-21H,5-8,11-12,14-15H2,1-4H3/t18-,20?,21?/m0/s1. The fourth-order valence-corrected chi connectivity index (χ4v) is 6.64. The summed E-state index contributed by atoms with van der Waals surface area (Å²) >= 11 is 6.70. The average Bonchev–Trinajstić information content (AvgIpc) is 3.37. The highest BCUT2D eigenvalue weighted by Crippen LogP contribution is 2.47. The van der Waals surface area contributed by atoms with Gasteiger partial charge in [-0.15, -0.1) is 0 Å². The van der Waals surface area contributed by atoms with Gasteiger partial charge in [0.2, 0.25) is 5.91 Å². The lowest BCUT2D eigenvalue weighted by Gasteiger charge is -2.48. The van der Waals surface area contributed by atoms with Gasteiger partial charge in [0.25, 0.3) is 0 Å². The number of carbonyl (C=O) groups is 1. The molecule has 6 nitrogen and oxygen atoms in total. The molecule has 1 amide bonds. The number of hydrogen-bond acceptors (Lipinski definition) is 4. The van der Waals surface area contributed by atoms with Crippen molar-refractivity contribution in [2.45, 2.75) is 89.8 Å². The molecule has 1 aliphatic carbocycles. The molecule has 2 aliphatic heterocycles. The Morgan fingerprint density at radius 2 is 1.86 bits per heavy atom. The number of pyridine rings is 1. The van der Waals surface area contributed by atoms with Gasteiger partial charge in [0.1, 0.15) is 5.52 Å². The van der Waals surface area contributed by atoms with Crippen LogP contribution >= 0.6 is 11.6 Å². The van der Waals surface area contributed by atoms with Gasteiger partial charge >= 0.3 is 0 Å². The summed E-state index contributed by atoms with van der Waals surface area (Å²) in [4.78, 5) is 27.8. The summed E-state index contributed by atoms with van der Waals surface area (Å²) in [6, 6.07) is 9.53. The first-order valence-electron chi connectivity index (χ1n) is 13.5. The van der Waals surface area contributed by atoms with Gasteiger partial charge in [-0.2, -0.15) is 0 Å². The molecule has 1 saturated carbocycles. The Kier molecular flexibility index (Phi) is 5.88. The minimum Gasteiger partial charge on any atom is -0.325 e. The number of halogens is 1. The molecular weight excluding hydrogens is 470 g/mol. The molecule has 190 valence electrons. The summed E-state index contributed by atoms with van der Waals surface area (Å²) in [5, 5.41) is 0.470. The predicted octanol–water partition coefficient (Wildman–Crippen LogP) is 6.36. The van der Waals surface area contributed by atoms with E-state index in [1.807, 2.05) is 12.4 Å². The first kappa shape index (κ1) is 23.9. The molecular formula is C29H36ClN5O. The van der Waals surface area contributed by atoms with Crippen LogP contribution in [0.5, 0.6) is 0 Å². The number of piperidine rings is 1. The van der Waals surface area contributed by atoms with E-state index in [4.69, 9.17) is 16.6 Å². The van der Waals surface area contributed by atoms with Crippen LogP contribution in [0.25, 0.3) is 22.3 Å². The van der Waals surface area contributed by atoms with E-state index in [-0.39, 0.29) is 11.9 Å². The molecule has 0 unspecified atom stereocenters. The van der Waals surface area contributed by atoms with Crippen LogP contribution in [-0.2, 0) is 10.2 Å². The highest BCUT2D eigenvalue weighted by Gasteiger charge is 2.50. The Hall–Kier alpha value is -2.44. The van der Waals surface area contributed by atoms with Crippen LogP contribution in [0.15, 0.2) is 30.6 Å². The molecule has 0 radical (unpaired) electrons. The fraction of sp³-hybridized carbons (Fsp3) is 0.552. The Morgan fingerprint density at radius 1 is 1.11 bits per heavy atom. The third-order valence-electron chi connectivity index (χ3n) is 8.92. The number of rotatable bonds is 5. The molecule has 2 fully saturated rings. The fourth-order valence-electron chi connectivity index (χ4n) is 6.35. The van der Waals surface area contributed by atoms with Gasteiger partial charge in [-0.05, 0) is 83.7 Å². The van der Waals surface area contributed by atoms with Gasteiger partial charge in [-0.1, -0.05) is 37.1 Å². The maximum absolute atomic E-state index is 13.6. The Labute approximate surface area is 218 Å². The number of aromatic nitrogens is 3. The largest absolute Gasteiger partial charge is 0.325 e. The zero-order valence-electron chi connectivity index (χ0n) is 21.8. The topological polar surface area (TPSA) is 54.3 Å². The molecule has 3 aliphatic rings. The maximum Gasteiger partial charge on any atom is 0.237 e. The second-order valence-electron chi connectivity index (χ2n) is 11.5. The van der Waals surface area contributed by atoms with Crippen LogP contribution in [0.3, 0.4) is 0 Å². The van der Waals surface area contributed by atoms with Crippen LogP contribution in [0, 0.1) is 0 Å². The smallest absolute Gasteiger partial charge is 0.237 e.